The van der Waals surface area contributed by atoms with E-state index in [0.717, 1.165) is 5.56 Å². The van der Waals surface area contributed by atoms with E-state index in [1.807, 2.05) is 30.3 Å². The van der Waals surface area contributed by atoms with Gasteiger partial charge in [-0.2, -0.15) is 0 Å². The van der Waals surface area contributed by atoms with Crippen molar-refractivity contribution in [2.24, 2.45) is 5.11 Å². The minimum Gasteiger partial charge on any atom is -0.479 e. The number of nitrogens with one attached hydrogen (secondary N) is 1. The van der Waals surface area contributed by atoms with Crippen LogP contribution in [0.2, 0.25) is 0 Å². The summed E-state index contributed by atoms with van der Waals surface area (Å²) in [7, 11) is 0. The molecule has 1 amide bonds. The summed E-state index contributed by atoms with van der Waals surface area (Å²) in [6, 6.07) is 8.25. The van der Waals surface area contributed by atoms with E-state index >= 15 is 0 Å². The highest BCUT2D eigenvalue weighted by molar-refractivity contribution is 5.73. The molecule has 1 aromatic carbocycles. The standard InChI is InChI=1S/C18H22N4O7/c1-9(17(24)25)27-15-13(20-10(2)23)16(21-22-19)28-12-8-26-18(29-14(12)15)11-6-4-3-5-7-11/h3-7,9,12-16,18H,8H2,1-2H3,(H,20,23)(H,24,25)/t9-,12-,13-,14-,15-,16-,18?/m1/s1. The van der Waals surface area contributed by atoms with Crippen LogP contribution in [-0.4, -0.2) is 60.3 Å². The largest absolute Gasteiger partial charge is 0.479 e. The van der Waals surface area contributed by atoms with Gasteiger partial charge < -0.3 is 29.4 Å². The van der Waals surface area contributed by atoms with Crippen molar-refractivity contribution in [1.82, 2.24) is 5.32 Å². The highest BCUT2D eigenvalue weighted by atomic mass is 16.7. The van der Waals surface area contributed by atoms with Crippen LogP contribution in [0, 0.1) is 0 Å². The fourth-order valence-corrected chi connectivity index (χ4v) is 3.36. The number of carbonyl (C=O) groups excluding carboxylic acids is 1. The smallest absolute Gasteiger partial charge is 0.332 e. The first-order valence-electron chi connectivity index (χ1n) is 9.07. The quantitative estimate of drug-likeness (QED) is 0.412. The van der Waals surface area contributed by atoms with Crippen LogP contribution in [-0.2, 0) is 28.5 Å². The molecule has 2 fully saturated rings. The van der Waals surface area contributed by atoms with Crippen LogP contribution in [0.15, 0.2) is 35.4 Å². The Morgan fingerprint density at radius 1 is 1.34 bits per heavy atom. The molecule has 2 aliphatic heterocycles. The molecule has 0 spiro atoms. The lowest BCUT2D eigenvalue weighted by Gasteiger charge is -2.48. The van der Waals surface area contributed by atoms with E-state index in [4.69, 9.17) is 24.5 Å². The zero-order chi connectivity index (χ0) is 21.0. The Hall–Kier alpha value is -2.69. The molecule has 1 unspecified atom stereocenters. The van der Waals surface area contributed by atoms with Gasteiger partial charge in [0.2, 0.25) is 5.91 Å². The highest BCUT2D eigenvalue weighted by Gasteiger charge is 2.51. The van der Waals surface area contributed by atoms with Gasteiger partial charge in [-0.3, -0.25) is 4.79 Å². The summed E-state index contributed by atoms with van der Waals surface area (Å²) in [5.74, 6) is -1.60. The maximum absolute atomic E-state index is 11.7. The van der Waals surface area contributed by atoms with Crippen molar-refractivity contribution < 1.29 is 33.6 Å². The molecule has 2 heterocycles. The van der Waals surface area contributed by atoms with E-state index in [1.54, 1.807) is 0 Å². The molecule has 2 saturated heterocycles. The topological polar surface area (TPSA) is 152 Å². The Morgan fingerprint density at radius 3 is 2.69 bits per heavy atom. The summed E-state index contributed by atoms with van der Waals surface area (Å²) in [5, 5.41) is 15.5. The Balaban J connectivity index is 1.92. The predicted octanol–water partition coefficient (Wildman–Crippen LogP) is 1.50. The molecular formula is C18H22N4O7. The number of fused-ring (bicyclic) bond motifs is 1. The van der Waals surface area contributed by atoms with Crippen LogP contribution in [0.3, 0.4) is 0 Å². The number of amides is 1. The first-order chi connectivity index (χ1) is 13.9. The van der Waals surface area contributed by atoms with E-state index in [-0.39, 0.29) is 6.61 Å². The first kappa shape index (κ1) is 21.0. The number of benzene rings is 1. The lowest BCUT2D eigenvalue weighted by atomic mass is 9.94. The van der Waals surface area contributed by atoms with Crippen LogP contribution >= 0.6 is 0 Å². The number of hydrogen-bond donors (Lipinski definition) is 2. The van der Waals surface area contributed by atoms with E-state index < -0.39 is 54.9 Å². The second kappa shape index (κ2) is 9.21. The number of hydrogen-bond acceptors (Lipinski definition) is 7. The number of nitrogens with zero attached hydrogens (tertiary/aromatic N) is 3. The highest BCUT2D eigenvalue weighted by Crippen LogP contribution is 2.36. The average molecular weight is 406 g/mol. The third-order valence-electron chi connectivity index (χ3n) is 4.67. The first-order valence-corrected chi connectivity index (χ1v) is 9.07. The number of carboxylic acid groups (broad SMARTS) is 1. The molecule has 156 valence electrons. The zero-order valence-corrected chi connectivity index (χ0v) is 15.9. The van der Waals surface area contributed by atoms with Gasteiger partial charge in [0, 0.05) is 17.4 Å². The van der Waals surface area contributed by atoms with E-state index in [2.05, 4.69) is 15.3 Å². The molecule has 29 heavy (non-hydrogen) atoms. The molecule has 0 aliphatic carbocycles. The molecule has 0 bridgehead atoms. The summed E-state index contributed by atoms with van der Waals surface area (Å²) in [5.41, 5.74) is 9.65. The molecule has 11 heteroatoms. The number of carbonyl (C=O) groups is 2. The lowest BCUT2D eigenvalue weighted by molar-refractivity contribution is -0.321. The number of azide groups is 1. The number of ether oxygens (including phenoxy) is 4. The third-order valence-corrected chi connectivity index (χ3v) is 4.67. The molecule has 0 aromatic heterocycles. The average Bonchev–Trinajstić information content (AvgIpc) is 2.70. The normalized spacial score (nSPS) is 32.3. The van der Waals surface area contributed by atoms with Gasteiger partial charge in [-0.05, 0) is 12.5 Å². The van der Waals surface area contributed by atoms with Crippen molar-refractivity contribution in [1.29, 1.82) is 0 Å². The summed E-state index contributed by atoms with van der Waals surface area (Å²) < 4.78 is 23.3. The van der Waals surface area contributed by atoms with Gasteiger partial charge in [0.15, 0.2) is 18.6 Å². The molecule has 3 rings (SSSR count). The maximum atomic E-state index is 11.7. The molecule has 0 saturated carbocycles. The van der Waals surface area contributed by atoms with Gasteiger partial charge in [0.1, 0.15) is 18.3 Å². The second-order valence-electron chi connectivity index (χ2n) is 6.75. The van der Waals surface area contributed by atoms with Crippen molar-refractivity contribution in [3.05, 3.63) is 46.3 Å². The van der Waals surface area contributed by atoms with Gasteiger partial charge in [-0.15, -0.1) is 0 Å². The molecule has 0 radical (unpaired) electrons. The summed E-state index contributed by atoms with van der Waals surface area (Å²) in [6.45, 7) is 2.76. The monoisotopic (exact) mass is 406 g/mol. The second-order valence-corrected chi connectivity index (χ2v) is 6.75. The van der Waals surface area contributed by atoms with Crippen LogP contribution in [0.25, 0.3) is 10.4 Å². The molecule has 11 nitrogen and oxygen atoms in total. The van der Waals surface area contributed by atoms with E-state index in [9.17, 15) is 14.7 Å². The molecular weight excluding hydrogens is 384 g/mol. The van der Waals surface area contributed by atoms with E-state index in [1.165, 1.54) is 13.8 Å². The molecule has 2 N–H and O–H groups in total. The summed E-state index contributed by atoms with van der Waals surface area (Å²) >= 11 is 0. The van der Waals surface area contributed by atoms with Crippen molar-refractivity contribution in [3.8, 4) is 0 Å². The van der Waals surface area contributed by atoms with Gasteiger partial charge in [0.25, 0.3) is 0 Å². The van der Waals surface area contributed by atoms with E-state index in [0.29, 0.717) is 0 Å². The summed E-state index contributed by atoms with van der Waals surface area (Å²) in [6.07, 6.45) is -5.42. The fourth-order valence-electron chi connectivity index (χ4n) is 3.36. The van der Waals surface area contributed by atoms with Crippen LogP contribution in [0.5, 0.6) is 0 Å². The van der Waals surface area contributed by atoms with Crippen LogP contribution in [0.4, 0.5) is 0 Å². The predicted molar refractivity (Wildman–Crippen MR) is 97.4 cm³/mol. The van der Waals surface area contributed by atoms with Gasteiger partial charge in [0.05, 0.1) is 12.6 Å². The third kappa shape index (κ3) is 4.84. The maximum Gasteiger partial charge on any atom is 0.332 e. The van der Waals surface area contributed by atoms with Crippen LogP contribution < -0.4 is 5.32 Å². The molecule has 2 aliphatic rings. The van der Waals surface area contributed by atoms with Crippen molar-refractivity contribution in [2.45, 2.75) is 56.8 Å². The van der Waals surface area contributed by atoms with Crippen molar-refractivity contribution >= 4 is 11.9 Å². The number of aliphatic carboxylic acids is 1. The minimum atomic E-state index is -1.19. The molecule has 1 aromatic rings. The Kier molecular flexibility index (Phi) is 6.68. The van der Waals surface area contributed by atoms with Crippen molar-refractivity contribution in [2.75, 3.05) is 6.61 Å². The number of rotatable bonds is 6. The Labute approximate surface area is 166 Å². The van der Waals surface area contributed by atoms with Gasteiger partial charge in [-0.25, -0.2) is 4.79 Å². The Bertz CT molecular complexity index is 786. The number of carboxylic acids is 1. The summed E-state index contributed by atoms with van der Waals surface area (Å²) in [4.78, 5) is 25.9. The lowest BCUT2D eigenvalue weighted by Crippen LogP contribution is -2.67. The van der Waals surface area contributed by atoms with Crippen LogP contribution in [0.1, 0.15) is 25.7 Å². The fraction of sp³-hybridized carbons (Fsp3) is 0.556. The molecule has 7 atom stereocenters. The minimum absolute atomic E-state index is 0.107. The van der Waals surface area contributed by atoms with Gasteiger partial charge in [-0.1, -0.05) is 35.4 Å². The zero-order valence-electron chi connectivity index (χ0n) is 15.9. The van der Waals surface area contributed by atoms with Crippen molar-refractivity contribution in [3.63, 3.8) is 0 Å². The SMILES string of the molecule is CC(=O)N[C@@H]1[C@@H](O[C@H](C)C(=O)O)[C@@H]2OC(c3ccccc3)OC[C@H]2O[C@H]1N=[N+]=[N-]. The van der Waals surface area contributed by atoms with Gasteiger partial charge >= 0.3 is 5.97 Å². The Morgan fingerprint density at radius 2 is 2.07 bits per heavy atom.